The fourth-order valence-corrected chi connectivity index (χ4v) is 2.91. The number of hydrogen-bond donors (Lipinski definition) is 1. The van der Waals surface area contributed by atoms with Crippen molar-refractivity contribution in [1.82, 2.24) is 5.32 Å². The van der Waals surface area contributed by atoms with Gasteiger partial charge in [-0.05, 0) is 32.1 Å². The van der Waals surface area contributed by atoms with Crippen LogP contribution in [0.2, 0.25) is 0 Å². The van der Waals surface area contributed by atoms with Gasteiger partial charge in [0.2, 0.25) is 5.91 Å². The number of unbranched alkanes of at least 4 members (excludes halogenated alkanes) is 4. The highest BCUT2D eigenvalue weighted by molar-refractivity contribution is 9.09. The van der Waals surface area contributed by atoms with Gasteiger partial charge in [0.05, 0.1) is 0 Å². The van der Waals surface area contributed by atoms with Crippen molar-refractivity contribution in [2.45, 2.75) is 82.0 Å². The van der Waals surface area contributed by atoms with Crippen LogP contribution in [0.15, 0.2) is 0 Å². The standard InChI is InChI=1S/C14H26BrNO/c1-2-3-4-5-6-7-14(17)16-13-10-8-12(15)9-11-13/h12-13H,2-11H2,1H3,(H,16,17). The van der Waals surface area contributed by atoms with Crippen LogP contribution in [0.25, 0.3) is 0 Å². The Morgan fingerprint density at radius 2 is 1.76 bits per heavy atom. The number of hydrogen-bond acceptors (Lipinski definition) is 1. The van der Waals surface area contributed by atoms with Gasteiger partial charge in [0.15, 0.2) is 0 Å². The highest BCUT2D eigenvalue weighted by Crippen LogP contribution is 2.24. The van der Waals surface area contributed by atoms with Crippen molar-refractivity contribution < 1.29 is 4.79 Å². The van der Waals surface area contributed by atoms with Crippen LogP contribution in [-0.2, 0) is 4.79 Å². The van der Waals surface area contributed by atoms with E-state index in [0.29, 0.717) is 10.9 Å². The first-order valence-corrected chi connectivity index (χ1v) is 8.07. The van der Waals surface area contributed by atoms with E-state index in [4.69, 9.17) is 0 Å². The van der Waals surface area contributed by atoms with Crippen molar-refractivity contribution in [3.05, 3.63) is 0 Å². The van der Waals surface area contributed by atoms with Gasteiger partial charge in [-0.1, -0.05) is 48.5 Å². The van der Waals surface area contributed by atoms with E-state index in [-0.39, 0.29) is 5.91 Å². The Morgan fingerprint density at radius 1 is 1.12 bits per heavy atom. The molecule has 1 amide bonds. The largest absolute Gasteiger partial charge is 0.353 e. The van der Waals surface area contributed by atoms with Crippen molar-refractivity contribution >= 4 is 21.8 Å². The molecule has 17 heavy (non-hydrogen) atoms. The SMILES string of the molecule is CCCCCCCC(=O)NC1CCC(Br)CC1. The Kier molecular flexibility index (Phi) is 7.91. The summed E-state index contributed by atoms with van der Waals surface area (Å²) in [5.41, 5.74) is 0. The Morgan fingerprint density at radius 3 is 2.41 bits per heavy atom. The monoisotopic (exact) mass is 303 g/mol. The molecule has 3 heteroatoms. The lowest BCUT2D eigenvalue weighted by Crippen LogP contribution is -2.37. The molecule has 0 atom stereocenters. The molecule has 1 N–H and O–H groups in total. The maximum atomic E-state index is 11.7. The third-order valence-electron chi connectivity index (χ3n) is 3.53. The van der Waals surface area contributed by atoms with Crippen LogP contribution in [0, 0.1) is 0 Å². The summed E-state index contributed by atoms with van der Waals surface area (Å²) in [6.07, 6.45) is 11.5. The van der Waals surface area contributed by atoms with Crippen LogP contribution in [0.5, 0.6) is 0 Å². The van der Waals surface area contributed by atoms with Gasteiger partial charge in [-0.15, -0.1) is 0 Å². The van der Waals surface area contributed by atoms with Gasteiger partial charge in [-0.3, -0.25) is 4.79 Å². The Hall–Kier alpha value is -0.0500. The molecule has 1 saturated carbocycles. The van der Waals surface area contributed by atoms with Crippen LogP contribution in [0.3, 0.4) is 0 Å². The molecule has 2 nitrogen and oxygen atoms in total. The van der Waals surface area contributed by atoms with E-state index in [1.807, 2.05) is 0 Å². The van der Waals surface area contributed by atoms with Gasteiger partial charge in [-0.25, -0.2) is 0 Å². The molecule has 0 aromatic carbocycles. The molecule has 1 rings (SSSR count). The predicted octanol–water partition coefficient (Wildman–Crippen LogP) is 4.17. The molecule has 0 aromatic rings. The van der Waals surface area contributed by atoms with Crippen molar-refractivity contribution in [3.63, 3.8) is 0 Å². The minimum Gasteiger partial charge on any atom is -0.353 e. The van der Waals surface area contributed by atoms with Gasteiger partial charge in [0.25, 0.3) is 0 Å². The van der Waals surface area contributed by atoms with E-state index in [1.54, 1.807) is 0 Å². The van der Waals surface area contributed by atoms with Crippen molar-refractivity contribution in [2.24, 2.45) is 0 Å². The maximum Gasteiger partial charge on any atom is 0.220 e. The second kappa shape index (κ2) is 8.96. The summed E-state index contributed by atoms with van der Waals surface area (Å²) in [4.78, 5) is 12.4. The molecule has 1 aliphatic rings. The van der Waals surface area contributed by atoms with Crippen molar-refractivity contribution in [2.75, 3.05) is 0 Å². The van der Waals surface area contributed by atoms with Crippen LogP contribution in [0.4, 0.5) is 0 Å². The Labute approximate surface area is 114 Å². The summed E-state index contributed by atoms with van der Waals surface area (Å²) in [6, 6.07) is 0.437. The zero-order chi connectivity index (χ0) is 12.5. The van der Waals surface area contributed by atoms with Gasteiger partial charge in [0.1, 0.15) is 0 Å². The average molecular weight is 304 g/mol. The number of carbonyl (C=O) groups excluding carboxylic acids is 1. The zero-order valence-electron chi connectivity index (χ0n) is 11.0. The number of alkyl halides is 1. The molecule has 0 aromatic heterocycles. The number of halogens is 1. The molecular formula is C14H26BrNO. The Balaban J connectivity index is 2.00. The highest BCUT2D eigenvalue weighted by atomic mass is 79.9. The fraction of sp³-hybridized carbons (Fsp3) is 0.929. The first kappa shape index (κ1) is 15.0. The summed E-state index contributed by atoms with van der Waals surface area (Å²) in [5, 5.41) is 3.17. The summed E-state index contributed by atoms with van der Waals surface area (Å²) < 4.78 is 0. The average Bonchev–Trinajstić information content (AvgIpc) is 2.32. The molecule has 0 bridgehead atoms. The third-order valence-corrected chi connectivity index (χ3v) is 4.44. The van der Waals surface area contributed by atoms with Crippen LogP contribution >= 0.6 is 15.9 Å². The summed E-state index contributed by atoms with van der Waals surface area (Å²) in [7, 11) is 0. The molecule has 0 heterocycles. The van der Waals surface area contributed by atoms with E-state index >= 15 is 0 Å². The number of amides is 1. The molecule has 1 aliphatic carbocycles. The van der Waals surface area contributed by atoms with E-state index in [2.05, 4.69) is 28.2 Å². The van der Waals surface area contributed by atoms with Crippen LogP contribution in [0.1, 0.15) is 71.1 Å². The smallest absolute Gasteiger partial charge is 0.220 e. The van der Waals surface area contributed by atoms with E-state index in [0.717, 1.165) is 25.7 Å². The van der Waals surface area contributed by atoms with Gasteiger partial charge in [0, 0.05) is 17.3 Å². The molecule has 0 aliphatic heterocycles. The number of rotatable bonds is 7. The second-order valence-electron chi connectivity index (χ2n) is 5.18. The van der Waals surface area contributed by atoms with Crippen LogP contribution in [-0.4, -0.2) is 16.8 Å². The van der Waals surface area contributed by atoms with Gasteiger partial charge in [-0.2, -0.15) is 0 Å². The second-order valence-corrected chi connectivity index (χ2v) is 6.48. The van der Waals surface area contributed by atoms with Crippen molar-refractivity contribution in [3.8, 4) is 0 Å². The maximum absolute atomic E-state index is 11.7. The highest BCUT2D eigenvalue weighted by Gasteiger charge is 2.20. The molecule has 0 spiro atoms. The minimum atomic E-state index is 0.263. The molecule has 1 fully saturated rings. The first-order valence-electron chi connectivity index (χ1n) is 7.15. The number of nitrogens with one attached hydrogen (secondary N) is 1. The van der Waals surface area contributed by atoms with Crippen LogP contribution < -0.4 is 5.32 Å². The number of carbonyl (C=O) groups is 1. The van der Waals surface area contributed by atoms with E-state index in [1.165, 1.54) is 38.5 Å². The molecule has 0 radical (unpaired) electrons. The molecule has 0 unspecified atom stereocenters. The van der Waals surface area contributed by atoms with Gasteiger partial charge >= 0.3 is 0 Å². The topological polar surface area (TPSA) is 29.1 Å². The lowest BCUT2D eigenvalue weighted by molar-refractivity contribution is -0.122. The summed E-state index contributed by atoms with van der Waals surface area (Å²) >= 11 is 3.64. The zero-order valence-corrected chi connectivity index (χ0v) is 12.6. The molecule has 100 valence electrons. The first-order chi connectivity index (χ1) is 8.22. The quantitative estimate of drug-likeness (QED) is 0.555. The lowest BCUT2D eigenvalue weighted by atomic mass is 9.95. The summed E-state index contributed by atoms with van der Waals surface area (Å²) in [5.74, 6) is 0.263. The molecular weight excluding hydrogens is 278 g/mol. The fourth-order valence-electron chi connectivity index (χ4n) is 2.39. The minimum absolute atomic E-state index is 0.263. The van der Waals surface area contributed by atoms with Crippen molar-refractivity contribution in [1.29, 1.82) is 0 Å². The summed E-state index contributed by atoms with van der Waals surface area (Å²) in [6.45, 7) is 2.22. The predicted molar refractivity (Wildman–Crippen MR) is 76.5 cm³/mol. The van der Waals surface area contributed by atoms with E-state index in [9.17, 15) is 4.79 Å². The molecule has 0 saturated heterocycles. The Bertz CT molecular complexity index is 212. The third kappa shape index (κ3) is 7.07. The lowest BCUT2D eigenvalue weighted by Gasteiger charge is -2.26. The van der Waals surface area contributed by atoms with Gasteiger partial charge < -0.3 is 5.32 Å². The normalized spacial score (nSPS) is 24.6. The van der Waals surface area contributed by atoms with E-state index < -0.39 is 0 Å².